The molecule has 18 heavy (non-hydrogen) atoms. The van der Waals surface area contributed by atoms with Gasteiger partial charge < -0.3 is 5.11 Å². The highest BCUT2D eigenvalue weighted by Crippen LogP contribution is 2.11. The van der Waals surface area contributed by atoms with Crippen LogP contribution in [-0.4, -0.2) is 31.3 Å². The molecule has 0 bridgehead atoms. The van der Waals surface area contributed by atoms with Crippen LogP contribution in [0.1, 0.15) is 12.5 Å². The first-order valence-electron chi connectivity index (χ1n) is 5.27. The highest BCUT2D eigenvalue weighted by atomic mass is 35.5. The van der Waals surface area contributed by atoms with Crippen molar-refractivity contribution in [1.29, 1.82) is 0 Å². The lowest BCUT2D eigenvalue weighted by molar-refractivity contribution is -0.138. The molecule has 0 aliphatic carbocycles. The second kappa shape index (κ2) is 6.17. The molecule has 1 rings (SSSR count). The van der Waals surface area contributed by atoms with E-state index >= 15 is 0 Å². The van der Waals surface area contributed by atoms with Gasteiger partial charge in [0.05, 0.1) is 5.75 Å². The maximum Gasteiger partial charge on any atom is 0.321 e. The molecule has 5 nitrogen and oxygen atoms in total. The fourth-order valence-electron chi connectivity index (χ4n) is 1.32. The molecule has 0 aliphatic rings. The largest absolute Gasteiger partial charge is 0.480 e. The van der Waals surface area contributed by atoms with Crippen LogP contribution in [0.3, 0.4) is 0 Å². The Bertz CT molecular complexity index is 530. The van der Waals surface area contributed by atoms with E-state index in [-0.39, 0.29) is 12.2 Å². The summed E-state index contributed by atoms with van der Waals surface area (Å²) in [7, 11) is -3.61. The number of nitrogens with one attached hydrogen (secondary N) is 1. The van der Waals surface area contributed by atoms with Crippen LogP contribution in [-0.2, 0) is 21.2 Å². The molecule has 0 fully saturated rings. The summed E-state index contributed by atoms with van der Waals surface area (Å²) in [5.41, 5.74) is 0.788. The van der Waals surface area contributed by atoms with Crippen molar-refractivity contribution in [2.75, 3.05) is 5.75 Å². The Morgan fingerprint density at radius 1 is 1.50 bits per heavy atom. The van der Waals surface area contributed by atoms with E-state index in [1.54, 1.807) is 24.3 Å². The topological polar surface area (TPSA) is 83.5 Å². The van der Waals surface area contributed by atoms with Gasteiger partial charge in [-0.25, -0.2) is 13.1 Å². The average Bonchev–Trinajstić information content (AvgIpc) is 2.26. The third-order valence-corrected chi connectivity index (χ3v) is 3.96. The Kier molecular flexibility index (Phi) is 5.13. The third kappa shape index (κ3) is 5.03. The molecule has 0 spiro atoms. The number of carboxylic acid groups (broad SMARTS) is 1. The number of rotatable bonds is 6. The summed E-state index contributed by atoms with van der Waals surface area (Å²) in [6.45, 7) is 1.28. The van der Waals surface area contributed by atoms with E-state index in [4.69, 9.17) is 16.7 Å². The molecule has 2 N–H and O–H groups in total. The number of hydrogen-bond acceptors (Lipinski definition) is 3. The van der Waals surface area contributed by atoms with Gasteiger partial charge in [-0.2, -0.15) is 0 Å². The quantitative estimate of drug-likeness (QED) is 0.827. The van der Waals surface area contributed by atoms with Crippen molar-refractivity contribution in [3.63, 3.8) is 0 Å². The van der Waals surface area contributed by atoms with E-state index in [2.05, 4.69) is 4.72 Å². The second-order valence-corrected chi connectivity index (χ2v) is 6.19. The first-order valence-corrected chi connectivity index (χ1v) is 7.30. The zero-order valence-corrected chi connectivity index (χ0v) is 11.3. The summed E-state index contributed by atoms with van der Waals surface area (Å²) in [5.74, 6) is -1.38. The molecule has 0 saturated heterocycles. The molecule has 0 aliphatic heterocycles. The predicted octanol–water partition coefficient (Wildman–Crippen LogP) is 1.27. The van der Waals surface area contributed by atoms with E-state index < -0.39 is 22.0 Å². The highest BCUT2D eigenvalue weighted by Gasteiger charge is 2.19. The van der Waals surface area contributed by atoms with E-state index in [0.29, 0.717) is 5.02 Å². The summed E-state index contributed by atoms with van der Waals surface area (Å²) in [4.78, 5) is 10.6. The van der Waals surface area contributed by atoms with Crippen LogP contribution < -0.4 is 4.72 Å². The van der Waals surface area contributed by atoms with Gasteiger partial charge in [-0.3, -0.25) is 4.79 Å². The molecule has 0 saturated carbocycles. The number of halogens is 1. The lowest BCUT2D eigenvalue weighted by atomic mass is 10.2. The summed E-state index contributed by atoms with van der Waals surface area (Å²) in [5, 5.41) is 9.16. The number of hydrogen-bond donors (Lipinski definition) is 2. The summed E-state index contributed by atoms with van der Waals surface area (Å²) in [6.07, 6.45) is 0.280. The average molecular weight is 292 g/mol. The van der Waals surface area contributed by atoms with Gasteiger partial charge in [0.1, 0.15) is 6.04 Å². The summed E-state index contributed by atoms with van der Waals surface area (Å²) >= 11 is 5.78. The normalized spacial score (nSPS) is 13.2. The molecule has 0 unspecified atom stereocenters. The Labute approximate surface area is 111 Å². The van der Waals surface area contributed by atoms with Gasteiger partial charge in [0.15, 0.2) is 0 Å². The van der Waals surface area contributed by atoms with Gasteiger partial charge in [-0.1, -0.05) is 23.7 Å². The number of aryl methyl sites for hydroxylation is 1. The van der Waals surface area contributed by atoms with Crippen molar-refractivity contribution in [3.05, 3.63) is 34.9 Å². The number of aliphatic carboxylic acids is 1. The van der Waals surface area contributed by atoms with Crippen LogP contribution in [0.25, 0.3) is 0 Å². The minimum atomic E-state index is -3.61. The van der Waals surface area contributed by atoms with Gasteiger partial charge in [0, 0.05) is 5.02 Å². The monoisotopic (exact) mass is 291 g/mol. The predicted molar refractivity (Wildman–Crippen MR) is 69.2 cm³/mol. The Morgan fingerprint density at radius 3 is 2.72 bits per heavy atom. The number of carboxylic acids is 1. The zero-order chi connectivity index (χ0) is 13.8. The molecule has 7 heteroatoms. The summed E-state index contributed by atoms with van der Waals surface area (Å²) in [6, 6.07) is 5.75. The van der Waals surface area contributed by atoms with E-state index in [1.165, 1.54) is 6.92 Å². The van der Waals surface area contributed by atoms with Gasteiger partial charge >= 0.3 is 5.97 Å². The van der Waals surface area contributed by atoms with Gasteiger partial charge in [0.25, 0.3) is 0 Å². The molecular weight excluding hydrogens is 278 g/mol. The van der Waals surface area contributed by atoms with E-state index in [9.17, 15) is 13.2 Å². The number of benzene rings is 1. The van der Waals surface area contributed by atoms with Crippen LogP contribution in [0.4, 0.5) is 0 Å². The standard InChI is InChI=1S/C11H14ClNO4S/c1-8(11(14)15)13-18(16,17)6-5-9-3-2-4-10(12)7-9/h2-4,7-8,13H,5-6H2,1H3,(H,14,15)/t8-/m0/s1. The molecule has 0 heterocycles. The van der Waals surface area contributed by atoms with Crippen molar-refractivity contribution < 1.29 is 18.3 Å². The van der Waals surface area contributed by atoms with Crippen molar-refractivity contribution in [3.8, 4) is 0 Å². The maximum atomic E-state index is 11.6. The van der Waals surface area contributed by atoms with E-state index in [1.807, 2.05) is 0 Å². The molecule has 1 atom stereocenters. The van der Waals surface area contributed by atoms with Gasteiger partial charge in [-0.15, -0.1) is 0 Å². The first kappa shape index (κ1) is 14.9. The van der Waals surface area contributed by atoms with Gasteiger partial charge in [-0.05, 0) is 31.0 Å². The lowest BCUT2D eigenvalue weighted by Gasteiger charge is -2.10. The van der Waals surface area contributed by atoms with Crippen LogP contribution in [0.2, 0.25) is 5.02 Å². The Balaban J connectivity index is 2.59. The first-order chi connectivity index (χ1) is 8.30. The van der Waals surface area contributed by atoms with Crippen LogP contribution in [0.15, 0.2) is 24.3 Å². The van der Waals surface area contributed by atoms with Crippen LogP contribution in [0.5, 0.6) is 0 Å². The second-order valence-electron chi connectivity index (χ2n) is 3.88. The van der Waals surface area contributed by atoms with Crippen LogP contribution >= 0.6 is 11.6 Å². The maximum absolute atomic E-state index is 11.6. The van der Waals surface area contributed by atoms with Crippen molar-refractivity contribution >= 4 is 27.6 Å². The minimum Gasteiger partial charge on any atom is -0.480 e. The van der Waals surface area contributed by atoms with Crippen LogP contribution in [0, 0.1) is 0 Å². The van der Waals surface area contributed by atoms with E-state index in [0.717, 1.165) is 5.56 Å². The third-order valence-electron chi connectivity index (χ3n) is 2.28. The zero-order valence-electron chi connectivity index (χ0n) is 9.76. The molecular formula is C11H14ClNO4S. The number of sulfonamides is 1. The smallest absolute Gasteiger partial charge is 0.321 e. The molecule has 1 aromatic carbocycles. The summed E-state index contributed by atoms with van der Waals surface area (Å²) < 4.78 is 25.3. The van der Waals surface area contributed by atoms with Gasteiger partial charge in [0.2, 0.25) is 10.0 Å². The SMILES string of the molecule is C[C@H](NS(=O)(=O)CCc1cccc(Cl)c1)C(=O)O. The van der Waals surface area contributed by atoms with Crippen molar-refractivity contribution in [2.45, 2.75) is 19.4 Å². The fourth-order valence-corrected chi connectivity index (χ4v) is 2.80. The molecule has 0 radical (unpaired) electrons. The van der Waals surface area contributed by atoms with Crippen molar-refractivity contribution in [1.82, 2.24) is 4.72 Å². The number of carbonyl (C=O) groups is 1. The molecule has 100 valence electrons. The lowest BCUT2D eigenvalue weighted by Crippen LogP contribution is -2.39. The molecule has 0 amide bonds. The molecule has 0 aromatic heterocycles. The Hall–Kier alpha value is -1.11. The van der Waals surface area contributed by atoms with Crippen molar-refractivity contribution in [2.24, 2.45) is 0 Å². The minimum absolute atomic E-state index is 0.176. The highest BCUT2D eigenvalue weighted by molar-refractivity contribution is 7.89. The molecule has 1 aromatic rings. The Morgan fingerprint density at radius 2 is 2.17 bits per heavy atom. The fraction of sp³-hybridized carbons (Fsp3) is 0.364.